The van der Waals surface area contributed by atoms with E-state index in [0.717, 1.165) is 75.9 Å². The number of hydrogen-bond donors (Lipinski definition) is 2. The Bertz CT molecular complexity index is 551. The molecular weight excluding hydrogens is 475 g/mol. The predicted molar refractivity (Wildman–Crippen MR) is 126 cm³/mol. The number of benzene rings is 1. The second kappa shape index (κ2) is 14.4. The first kappa shape index (κ1) is 24.5. The fourth-order valence-corrected chi connectivity index (χ4v) is 3.54. The summed E-state index contributed by atoms with van der Waals surface area (Å²) in [7, 11) is 3.60. The highest BCUT2D eigenvalue weighted by molar-refractivity contribution is 14.0. The summed E-state index contributed by atoms with van der Waals surface area (Å²) >= 11 is 6.21. The van der Waals surface area contributed by atoms with Crippen molar-refractivity contribution in [1.29, 1.82) is 0 Å². The molecule has 0 atom stereocenters. The lowest BCUT2D eigenvalue weighted by molar-refractivity contribution is 0.155. The van der Waals surface area contributed by atoms with E-state index in [2.05, 4.69) is 26.6 Å². The lowest BCUT2D eigenvalue weighted by Crippen LogP contribution is -2.49. The van der Waals surface area contributed by atoms with Crippen molar-refractivity contribution < 1.29 is 4.74 Å². The van der Waals surface area contributed by atoms with Crippen LogP contribution in [0, 0.1) is 0 Å². The number of hydrogen-bond acceptors (Lipinski definition) is 3. The summed E-state index contributed by atoms with van der Waals surface area (Å²) in [5.74, 6) is 0.905. The predicted octanol–water partition coefficient (Wildman–Crippen LogP) is 3.56. The third-order valence-corrected chi connectivity index (χ3v) is 5.22. The molecule has 1 aromatic rings. The number of nitrogens with one attached hydrogen (secondary N) is 2. The van der Waals surface area contributed by atoms with Crippen LogP contribution in [-0.4, -0.2) is 63.8 Å². The van der Waals surface area contributed by atoms with Crippen molar-refractivity contribution >= 4 is 41.5 Å². The molecule has 154 valence electrons. The topological polar surface area (TPSA) is 48.9 Å². The van der Waals surface area contributed by atoms with E-state index in [1.165, 1.54) is 5.56 Å². The minimum Gasteiger partial charge on any atom is -0.385 e. The highest BCUT2D eigenvalue weighted by atomic mass is 127. The van der Waals surface area contributed by atoms with E-state index in [1.54, 1.807) is 7.11 Å². The molecule has 0 aromatic heterocycles. The van der Waals surface area contributed by atoms with Gasteiger partial charge in [0.25, 0.3) is 0 Å². The van der Waals surface area contributed by atoms with Crippen molar-refractivity contribution in [2.45, 2.75) is 38.1 Å². The summed E-state index contributed by atoms with van der Waals surface area (Å²) in [5, 5.41) is 7.84. The molecular formula is C20H34ClIN4O. The van der Waals surface area contributed by atoms with Crippen LogP contribution in [0.2, 0.25) is 5.02 Å². The Morgan fingerprint density at radius 3 is 2.67 bits per heavy atom. The third kappa shape index (κ3) is 9.45. The molecule has 0 amide bonds. The molecule has 1 aliphatic heterocycles. The normalized spacial score (nSPS) is 16.0. The molecule has 2 rings (SSSR count). The Morgan fingerprint density at radius 1 is 1.26 bits per heavy atom. The first-order chi connectivity index (χ1) is 12.7. The molecule has 1 heterocycles. The molecule has 0 aliphatic carbocycles. The zero-order chi connectivity index (χ0) is 18.6. The lowest BCUT2D eigenvalue weighted by atomic mass is 10.1. The first-order valence-electron chi connectivity index (χ1n) is 9.65. The zero-order valence-corrected chi connectivity index (χ0v) is 19.6. The monoisotopic (exact) mass is 508 g/mol. The van der Waals surface area contributed by atoms with E-state index in [-0.39, 0.29) is 24.0 Å². The maximum Gasteiger partial charge on any atom is 0.191 e. The van der Waals surface area contributed by atoms with Gasteiger partial charge in [0.15, 0.2) is 5.96 Å². The van der Waals surface area contributed by atoms with Crippen molar-refractivity contribution in [1.82, 2.24) is 15.5 Å². The SMILES string of the molecule is CN=C(NCCCc1ccccc1Cl)NC1CCN(CCCOC)CC1.I. The second-order valence-corrected chi connectivity index (χ2v) is 7.21. The fraction of sp³-hybridized carbons (Fsp3) is 0.650. The van der Waals surface area contributed by atoms with Gasteiger partial charge in [-0.05, 0) is 43.7 Å². The Balaban J connectivity index is 0.00000364. The summed E-state index contributed by atoms with van der Waals surface area (Å²) in [4.78, 5) is 6.89. The molecule has 5 nitrogen and oxygen atoms in total. The van der Waals surface area contributed by atoms with Crippen LogP contribution in [0.25, 0.3) is 0 Å². The molecule has 1 fully saturated rings. The van der Waals surface area contributed by atoms with Crippen LogP contribution in [-0.2, 0) is 11.2 Å². The van der Waals surface area contributed by atoms with Crippen LogP contribution < -0.4 is 10.6 Å². The number of rotatable bonds is 9. The van der Waals surface area contributed by atoms with Gasteiger partial charge in [0, 0.05) is 58.0 Å². The van der Waals surface area contributed by atoms with Gasteiger partial charge in [-0.2, -0.15) is 0 Å². The Morgan fingerprint density at radius 2 is 2.00 bits per heavy atom. The van der Waals surface area contributed by atoms with Gasteiger partial charge >= 0.3 is 0 Å². The van der Waals surface area contributed by atoms with Crippen molar-refractivity contribution in [3.63, 3.8) is 0 Å². The van der Waals surface area contributed by atoms with Crippen LogP contribution in [0.1, 0.15) is 31.2 Å². The van der Waals surface area contributed by atoms with Gasteiger partial charge in [0.1, 0.15) is 0 Å². The number of likely N-dealkylation sites (tertiary alicyclic amines) is 1. The van der Waals surface area contributed by atoms with Crippen LogP contribution in [0.5, 0.6) is 0 Å². The summed E-state index contributed by atoms with van der Waals surface area (Å²) in [5.41, 5.74) is 1.21. The highest BCUT2D eigenvalue weighted by Crippen LogP contribution is 2.16. The van der Waals surface area contributed by atoms with E-state index in [0.29, 0.717) is 6.04 Å². The van der Waals surface area contributed by atoms with Gasteiger partial charge < -0.3 is 20.3 Å². The first-order valence-corrected chi connectivity index (χ1v) is 10.0. The van der Waals surface area contributed by atoms with Crippen molar-refractivity contribution in [2.24, 2.45) is 4.99 Å². The molecule has 0 radical (unpaired) electrons. The molecule has 27 heavy (non-hydrogen) atoms. The van der Waals surface area contributed by atoms with Gasteiger partial charge in [0.05, 0.1) is 0 Å². The number of aliphatic imine (C=N–C) groups is 1. The van der Waals surface area contributed by atoms with E-state index in [4.69, 9.17) is 16.3 Å². The summed E-state index contributed by atoms with van der Waals surface area (Å²) < 4.78 is 5.13. The minimum absolute atomic E-state index is 0. The number of ether oxygens (including phenoxy) is 1. The average molecular weight is 509 g/mol. The van der Waals surface area contributed by atoms with E-state index in [1.807, 2.05) is 25.2 Å². The molecule has 0 spiro atoms. The number of aryl methyl sites for hydroxylation is 1. The molecule has 1 saturated heterocycles. The fourth-order valence-electron chi connectivity index (χ4n) is 3.31. The van der Waals surface area contributed by atoms with Crippen LogP contribution in [0.4, 0.5) is 0 Å². The minimum atomic E-state index is 0. The van der Waals surface area contributed by atoms with Crippen LogP contribution >= 0.6 is 35.6 Å². The third-order valence-electron chi connectivity index (χ3n) is 4.85. The lowest BCUT2D eigenvalue weighted by Gasteiger charge is -2.33. The summed E-state index contributed by atoms with van der Waals surface area (Å²) in [6, 6.07) is 8.56. The molecule has 1 aliphatic rings. The van der Waals surface area contributed by atoms with Gasteiger partial charge in [-0.1, -0.05) is 29.8 Å². The van der Waals surface area contributed by atoms with Crippen molar-refractivity contribution in [3.05, 3.63) is 34.9 Å². The number of guanidine groups is 1. The van der Waals surface area contributed by atoms with Gasteiger partial charge in [-0.15, -0.1) is 24.0 Å². The summed E-state index contributed by atoms with van der Waals surface area (Å²) in [6.45, 7) is 5.16. The average Bonchev–Trinajstić information content (AvgIpc) is 2.67. The second-order valence-electron chi connectivity index (χ2n) is 6.80. The molecule has 2 N–H and O–H groups in total. The zero-order valence-electron chi connectivity index (χ0n) is 16.5. The number of nitrogens with zero attached hydrogens (tertiary/aromatic N) is 2. The number of piperidine rings is 1. The maximum absolute atomic E-state index is 6.21. The van der Waals surface area contributed by atoms with E-state index in [9.17, 15) is 0 Å². The van der Waals surface area contributed by atoms with Crippen molar-refractivity contribution in [3.8, 4) is 0 Å². The van der Waals surface area contributed by atoms with Gasteiger partial charge in [0.2, 0.25) is 0 Å². The van der Waals surface area contributed by atoms with E-state index < -0.39 is 0 Å². The Hall–Kier alpha value is -0.570. The molecule has 0 bridgehead atoms. The molecule has 0 unspecified atom stereocenters. The Labute approximate surface area is 186 Å². The maximum atomic E-state index is 6.21. The number of methoxy groups -OCH3 is 1. The van der Waals surface area contributed by atoms with Gasteiger partial charge in [-0.3, -0.25) is 4.99 Å². The van der Waals surface area contributed by atoms with E-state index >= 15 is 0 Å². The Kier molecular flexibility index (Phi) is 13.1. The highest BCUT2D eigenvalue weighted by Gasteiger charge is 2.19. The molecule has 1 aromatic carbocycles. The van der Waals surface area contributed by atoms with Gasteiger partial charge in [-0.25, -0.2) is 0 Å². The molecule has 0 saturated carbocycles. The molecule has 7 heteroatoms. The van der Waals surface area contributed by atoms with Crippen LogP contribution in [0.3, 0.4) is 0 Å². The van der Waals surface area contributed by atoms with Crippen LogP contribution in [0.15, 0.2) is 29.3 Å². The quantitative estimate of drug-likeness (QED) is 0.232. The largest absolute Gasteiger partial charge is 0.385 e. The van der Waals surface area contributed by atoms with Crippen molar-refractivity contribution in [2.75, 3.05) is 46.9 Å². The summed E-state index contributed by atoms with van der Waals surface area (Å²) in [6.07, 6.45) is 5.44. The standard InChI is InChI=1S/C20H33ClN4O.HI/c1-22-20(23-12-5-8-17-7-3-4-9-19(17)21)24-18-10-14-25(15-11-18)13-6-16-26-2;/h3-4,7,9,18H,5-6,8,10-16H2,1-2H3,(H2,22,23,24);1H. The number of halogens is 2. The smallest absolute Gasteiger partial charge is 0.191 e.